The minimum atomic E-state index is -0.529. The van der Waals surface area contributed by atoms with E-state index in [9.17, 15) is 9.59 Å². The van der Waals surface area contributed by atoms with Gasteiger partial charge in [-0.3, -0.25) is 9.59 Å². The van der Waals surface area contributed by atoms with Gasteiger partial charge in [-0.1, -0.05) is 6.42 Å². The molecule has 0 heterocycles. The molecule has 0 aromatic heterocycles. The third-order valence-corrected chi connectivity index (χ3v) is 5.17. The molecule has 130 valence electrons. The predicted molar refractivity (Wildman–Crippen MR) is 90.4 cm³/mol. The lowest BCUT2D eigenvalue weighted by Crippen LogP contribution is -2.53. The van der Waals surface area contributed by atoms with Crippen molar-refractivity contribution < 1.29 is 14.3 Å². The topological polar surface area (TPSA) is 107 Å². The third kappa shape index (κ3) is 3.87. The molecule has 24 heavy (non-hydrogen) atoms. The van der Waals surface area contributed by atoms with Gasteiger partial charge in [0.15, 0.2) is 6.61 Å². The Morgan fingerprint density at radius 2 is 1.75 bits per heavy atom. The maximum Gasteiger partial charge on any atom is 0.255 e. The van der Waals surface area contributed by atoms with Gasteiger partial charge in [-0.25, -0.2) is 0 Å². The van der Waals surface area contributed by atoms with Crippen LogP contribution in [0.5, 0.6) is 5.75 Å². The predicted octanol–water partition coefficient (Wildman–Crippen LogP) is 1.19. The maximum absolute atomic E-state index is 12.5. The highest BCUT2D eigenvalue weighted by molar-refractivity contribution is 5.94. The van der Waals surface area contributed by atoms with E-state index in [-0.39, 0.29) is 24.6 Å². The number of benzene rings is 1. The van der Waals surface area contributed by atoms with Gasteiger partial charge in [0.05, 0.1) is 0 Å². The first kappa shape index (κ1) is 16.8. The van der Waals surface area contributed by atoms with Crippen LogP contribution in [0.2, 0.25) is 0 Å². The summed E-state index contributed by atoms with van der Waals surface area (Å²) < 4.78 is 5.20. The molecule has 1 aromatic rings. The van der Waals surface area contributed by atoms with E-state index in [1.54, 1.807) is 24.3 Å². The number of nitrogens with two attached hydrogens (primary N) is 2. The average Bonchev–Trinajstić information content (AvgIpc) is 2.54. The number of hydrogen-bond acceptors (Lipinski definition) is 4. The lowest BCUT2D eigenvalue weighted by Gasteiger charge is -2.45. The molecule has 0 aliphatic heterocycles. The molecule has 2 aliphatic rings. The van der Waals surface area contributed by atoms with Crippen LogP contribution in [0, 0.1) is 11.8 Å². The molecule has 0 saturated heterocycles. The molecule has 2 aliphatic carbocycles. The maximum atomic E-state index is 12.5. The van der Waals surface area contributed by atoms with E-state index >= 15 is 0 Å². The van der Waals surface area contributed by atoms with Crippen molar-refractivity contribution in [3.63, 3.8) is 0 Å². The van der Waals surface area contributed by atoms with Gasteiger partial charge in [0.1, 0.15) is 5.75 Å². The number of ether oxygens (including phenoxy) is 1. The summed E-state index contributed by atoms with van der Waals surface area (Å²) in [5, 5.41) is 3.22. The van der Waals surface area contributed by atoms with Crippen molar-refractivity contribution in [2.24, 2.45) is 23.3 Å². The SMILES string of the molecule is NC(=O)COc1ccc(C(=O)NC2C3CCCC2CC(N)C3)cc1. The Morgan fingerprint density at radius 1 is 1.12 bits per heavy atom. The fourth-order valence-electron chi connectivity index (χ4n) is 4.12. The standard InChI is InChI=1S/C18H25N3O3/c19-14-8-12-2-1-3-13(9-14)17(12)21-18(23)11-4-6-15(7-5-11)24-10-16(20)22/h4-7,12-14,17H,1-3,8-10,19H2,(H2,20,22)(H,21,23). The Balaban J connectivity index is 1.61. The van der Waals surface area contributed by atoms with E-state index in [4.69, 9.17) is 16.2 Å². The number of hydrogen-bond donors (Lipinski definition) is 3. The Bertz CT molecular complexity index is 588. The van der Waals surface area contributed by atoms with Crippen LogP contribution in [0.15, 0.2) is 24.3 Å². The molecular formula is C18H25N3O3. The summed E-state index contributed by atoms with van der Waals surface area (Å²) in [5.74, 6) is 0.919. The first-order valence-corrected chi connectivity index (χ1v) is 8.60. The highest BCUT2D eigenvalue weighted by Gasteiger charge is 2.39. The highest BCUT2D eigenvalue weighted by Crippen LogP contribution is 2.39. The number of rotatable bonds is 5. The number of primary amides is 1. The molecule has 2 atom stereocenters. The fraction of sp³-hybridized carbons (Fsp3) is 0.556. The van der Waals surface area contributed by atoms with Crippen LogP contribution in [0.1, 0.15) is 42.5 Å². The van der Waals surface area contributed by atoms with Crippen LogP contribution >= 0.6 is 0 Å². The minimum Gasteiger partial charge on any atom is -0.484 e. The molecular weight excluding hydrogens is 306 g/mol. The van der Waals surface area contributed by atoms with Gasteiger partial charge in [-0.15, -0.1) is 0 Å². The zero-order valence-corrected chi connectivity index (χ0v) is 13.7. The van der Waals surface area contributed by atoms with Crippen molar-refractivity contribution in [1.29, 1.82) is 0 Å². The molecule has 6 nitrogen and oxygen atoms in total. The lowest BCUT2D eigenvalue weighted by molar-refractivity contribution is -0.119. The molecule has 6 heteroatoms. The van der Waals surface area contributed by atoms with Crippen LogP contribution in [0.3, 0.4) is 0 Å². The zero-order valence-electron chi connectivity index (χ0n) is 13.7. The van der Waals surface area contributed by atoms with Gasteiger partial charge in [0.25, 0.3) is 11.8 Å². The van der Waals surface area contributed by atoms with Crippen molar-refractivity contribution in [2.45, 2.75) is 44.2 Å². The normalized spacial score (nSPS) is 28.9. The largest absolute Gasteiger partial charge is 0.484 e. The van der Waals surface area contributed by atoms with Crippen LogP contribution < -0.4 is 21.5 Å². The summed E-state index contributed by atoms with van der Waals surface area (Å²) in [6.07, 6.45) is 5.53. The number of carbonyl (C=O) groups is 2. The van der Waals surface area contributed by atoms with Crippen LogP contribution in [-0.2, 0) is 4.79 Å². The van der Waals surface area contributed by atoms with Gasteiger partial charge in [-0.05, 0) is 61.8 Å². The van der Waals surface area contributed by atoms with E-state index in [0.29, 0.717) is 23.1 Å². The smallest absolute Gasteiger partial charge is 0.255 e. The average molecular weight is 331 g/mol. The van der Waals surface area contributed by atoms with Gasteiger partial charge in [0, 0.05) is 17.6 Å². The summed E-state index contributed by atoms with van der Waals surface area (Å²) in [4.78, 5) is 23.3. The Morgan fingerprint density at radius 3 is 2.33 bits per heavy atom. The Hall–Kier alpha value is -2.08. The van der Waals surface area contributed by atoms with Crippen molar-refractivity contribution >= 4 is 11.8 Å². The van der Waals surface area contributed by atoms with Crippen LogP contribution in [0.25, 0.3) is 0 Å². The van der Waals surface area contributed by atoms with Crippen LogP contribution in [-0.4, -0.2) is 30.5 Å². The van der Waals surface area contributed by atoms with Gasteiger partial charge in [0.2, 0.25) is 0 Å². The molecule has 3 rings (SSSR count). The summed E-state index contributed by atoms with van der Waals surface area (Å²) in [6, 6.07) is 7.27. The first-order chi connectivity index (χ1) is 11.5. The Kier molecular flexibility index (Phi) is 5.04. The quantitative estimate of drug-likeness (QED) is 0.753. The highest BCUT2D eigenvalue weighted by atomic mass is 16.5. The van der Waals surface area contributed by atoms with E-state index in [2.05, 4.69) is 5.32 Å². The molecule has 2 unspecified atom stereocenters. The number of carbonyl (C=O) groups excluding carboxylic acids is 2. The molecule has 5 N–H and O–H groups in total. The van der Waals surface area contributed by atoms with Crippen molar-refractivity contribution in [3.8, 4) is 5.75 Å². The minimum absolute atomic E-state index is 0.0613. The van der Waals surface area contributed by atoms with Gasteiger partial charge < -0.3 is 21.5 Å². The molecule has 2 saturated carbocycles. The number of fused-ring (bicyclic) bond motifs is 2. The molecule has 0 radical (unpaired) electrons. The van der Waals surface area contributed by atoms with Crippen LogP contribution in [0.4, 0.5) is 0 Å². The zero-order chi connectivity index (χ0) is 17.1. The van der Waals surface area contributed by atoms with Crippen molar-refractivity contribution in [3.05, 3.63) is 29.8 Å². The molecule has 2 fully saturated rings. The second kappa shape index (κ2) is 7.21. The summed E-state index contributed by atoms with van der Waals surface area (Å²) in [6.45, 7) is -0.169. The third-order valence-electron chi connectivity index (χ3n) is 5.17. The van der Waals surface area contributed by atoms with Crippen molar-refractivity contribution in [1.82, 2.24) is 5.32 Å². The fourth-order valence-corrected chi connectivity index (χ4v) is 4.12. The second-order valence-corrected chi connectivity index (χ2v) is 6.96. The second-order valence-electron chi connectivity index (χ2n) is 6.96. The van der Waals surface area contributed by atoms with E-state index < -0.39 is 5.91 Å². The molecule has 1 aromatic carbocycles. The molecule has 0 spiro atoms. The van der Waals surface area contributed by atoms with Gasteiger partial charge >= 0.3 is 0 Å². The number of nitrogens with one attached hydrogen (secondary N) is 1. The molecule has 2 bridgehead atoms. The summed E-state index contributed by atoms with van der Waals surface area (Å²) >= 11 is 0. The van der Waals surface area contributed by atoms with E-state index in [1.807, 2.05) is 0 Å². The van der Waals surface area contributed by atoms with Gasteiger partial charge in [-0.2, -0.15) is 0 Å². The summed E-state index contributed by atoms with van der Waals surface area (Å²) in [7, 11) is 0. The molecule has 2 amide bonds. The Labute approximate surface area is 141 Å². The van der Waals surface area contributed by atoms with Crippen molar-refractivity contribution in [2.75, 3.05) is 6.61 Å². The van der Waals surface area contributed by atoms with E-state index in [0.717, 1.165) is 25.7 Å². The first-order valence-electron chi connectivity index (χ1n) is 8.60. The summed E-state index contributed by atoms with van der Waals surface area (Å²) in [5.41, 5.74) is 11.8. The lowest BCUT2D eigenvalue weighted by atomic mass is 9.67. The monoisotopic (exact) mass is 331 g/mol. The van der Waals surface area contributed by atoms with E-state index in [1.165, 1.54) is 6.42 Å². The number of amides is 2.